The van der Waals surface area contributed by atoms with Crippen LogP contribution in [-0.4, -0.2) is 22.0 Å². The molecule has 1 atom stereocenters. The summed E-state index contributed by atoms with van der Waals surface area (Å²) in [4.78, 5) is 27.5. The smallest absolute Gasteiger partial charge is 0.347 e. The molecule has 7 heteroatoms. The Kier molecular flexibility index (Phi) is 4.56. The van der Waals surface area contributed by atoms with Crippen molar-refractivity contribution in [2.24, 2.45) is 0 Å². The lowest BCUT2D eigenvalue weighted by molar-refractivity contribution is 0.0701. The normalized spacial score (nSPS) is 12.0. The number of aryl methyl sites for hydroxylation is 2. The van der Waals surface area contributed by atoms with Gasteiger partial charge in [-0.3, -0.25) is 4.79 Å². The zero-order valence-corrected chi connectivity index (χ0v) is 13.1. The SMILES string of the molecule is Cc1cc(F)cc(C(=O)NC(C)c2nc(C)c(C(=O)O)s2)c1. The number of carboxylic acids is 1. The first-order valence-corrected chi connectivity index (χ1v) is 7.38. The van der Waals surface area contributed by atoms with Crippen LogP contribution in [0, 0.1) is 19.7 Å². The second-order valence-corrected chi connectivity index (χ2v) is 6.01. The summed E-state index contributed by atoms with van der Waals surface area (Å²) in [7, 11) is 0. The first kappa shape index (κ1) is 16.1. The number of nitrogens with zero attached hydrogens (tertiary/aromatic N) is 1. The van der Waals surface area contributed by atoms with Gasteiger partial charge in [-0.1, -0.05) is 0 Å². The number of halogens is 1. The number of aromatic nitrogens is 1. The molecule has 0 spiro atoms. The molecule has 1 unspecified atom stereocenters. The van der Waals surface area contributed by atoms with E-state index in [1.54, 1.807) is 26.8 Å². The lowest BCUT2D eigenvalue weighted by Gasteiger charge is -2.11. The zero-order chi connectivity index (χ0) is 16.4. The van der Waals surface area contributed by atoms with Gasteiger partial charge in [0.25, 0.3) is 5.91 Å². The summed E-state index contributed by atoms with van der Waals surface area (Å²) >= 11 is 1.02. The molecule has 2 N–H and O–H groups in total. The lowest BCUT2D eigenvalue weighted by atomic mass is 10.1. The molecule has 5 nitrogen and oxygen atoms in total. The fourth-order valence-corrected chi connectivity index (χ4v) is 2.92. The summed E-state index contributed by atoms with van der Waals surface area (Å²) in [6.07, 6.45) is 0. The van der Waals surface area contributed by atoms with Gasteiger partial charge >= 0.3 is 5.97 Å². The third-order valence-electron chi connectivity index (χ3n) is 3.03. The summed E-state index contributed by atoms with van der Waals surface area (Å²) < 4.78 is 13.3. The minimum atomic E-state index is -1.04. The number of nitrogens with one attached hydrogen (secondary N) is 1. The molecule has 22 heavy (non-hydrogen) atoms. The highest BCUT2D eigenvalue weighted by molar-refractivity contribution is 7.13. The Morgan fingerprint density at radius 3 is 2.55 bits per heavy atom. The lowest BCUT2D eigenvalue weighted by Crippen LogP contribution is -2.26. The molecule has 0 aliphatic rings. The van der Waals surface area contributed by atoms with Crippen molar-refractivity contribution in [3.8, 4) is 0 Å². The van der Waals surface area contributed by atoms with Crippen LogP contribution in [0.15, 0.2) is 18.2 Å². The Morgan fingerprint density at radius 2 is 2.00 bits per heavy atom. The third kappa shape index (κ3) is 3.48. The van der Waals surface area contributed by atoms with Crippen LogP contribution in [0.1, 0.15) is 49.3 Å². The molecule has 1 amide bonds. The second kappa shape index (κ2) is 6.23. The molecule has 0 radical (unpaired) electrons. The van der Waals surface area contributed by atoms with Gasteiger partial charge in [0.2, 0.25) is 0 Å². The third-order valence-corrected chi connectivity index (χ3v) is 4.36. The summed E-state index contributed by atoms with van der Waals surface area (Å²) in [6, 6.07) is 3.61. The molecule has 0 bridgehead atoms. The van der Waals surface area contributed by atoms with Crippen molar-refractivity contribution < 1.29 is 19.1 Å². The Hall–Kier alpha value is -2.28. The standard InChI is InChI=1S/C15H15FN2O3S/c1-7-4-10(6-11(16)5-7)13(19)17-9(3)14-18-8(2)12(22-14)15(20)21/h4-6,9H,1-3H3,(H,17,19)(H,20,21). The summed E-state index contributed by atoms with van der Waals surface area (Å²) in [5.41, 5.74) is 1.28. The van der Waals surface area contributed by atoms with Crippen LogP contribution in [0.3, 0.4) is 0 Å². The predicted octanol–water partition coefficient (Wildman–Crippen LogP) is 3.09. The Labute approximate surface area is 130 Å². The number of hydrogen-bond donors (Lipinski definition) is 2. The van der Waals surface area contributed by atoms with E-state index in [-0.39, 0.29) is 10.4 Å². The number of thiazole rings is 1. The molecule has 1 heterocycles. The number of benzene rings is 1. The molecular weight excluding hydrogens is 307 g/mol. The minimum absolute atomic E-state index is 0.151. The van der Waals surface area contributed by atoms with E-state index in [4.69, 9.17) is 5.11 Å². The van der Waals surface area contributed by atoms with E-state index in [2.05, 4.69) is 10.3 Å². The molecule has 0 saturated heterocycles. The molecule has 0 aliphatic heterocycles. The van der Waals surface area contributed by atoms with Crippen molar-refractivity contribution in [1.29, 1.82) is 0 Å². The van der Waals surface area contributed by atoms with Gasteiger partial charge in [0.1, 0.15) is 15.7 Å². The van der Waals surface area contributed by atoms with E-state index in [0.717, 1.165) is 17.4 Å². The Bertz CT molecular complexity index is 722. The minimum Gasteiger partial charge on any atom is -0.477 e. The number of aromatic carboxylic acids is 1. The van der Waals surface area contributed by atoms with Crippen LogP contribution in [0.25, 0.3) is 0 Å². The zero-order valence-electron chi connectivity index (χ0n) is 12.3. The first-order chi connectivity index (χ1) is 10.3. The average Bonchev–Trinajstić information content (AvgIpc) is 2.80. The van der Waals surface area contributed by atoms with Crippen molar-refractivity contribution in [2.45, 2.75) is 26.8 Å². The van der Waals surface area contributed by atoms with E-state index >= 15 is 0 Å². The van der Waals surface area contributed by atoms with Crippen molar-refractivity contribution in [1.82, 2.24) is 10.3 Å². The Morgan fingerprint density at radius 1 is 1.32 bits per heavy atom. The van der Waals surface area contributed by atoms with Crippen molar-refractivity contribution in [2.75, 3.05) is 0 Å². The molecule has 1 aromatic heterocycles. The largest absolute Gasteiger partial charge is 0.477 e. The summed E-state index contributed by atoms with van der Waals surface area (Å²) in [5.74, 6) is -1.95. The highest BCUT2D eigenvalue weighted by atomic mass is 32.1. The van der Waals surface area contributed by atoms with Crippen LogP contribution < -0.4 is 5.32 Å². The van der Waals surface area contributed by atoms with Crippen LogP contribution in [0.5, 0.6) is 0 Å². The van der Waals surface area contributed by atoms with E-state index < -0.39 is 23.7 Å². The van der Waals surface area contributed by atoms with E-state index in [1.165, 1.54) is 6.07 Å². The number of carbonyl (C=O) groups is 2. The second-order valence-electron chi connectivity index (χ2n) is 4.98. The summed E-state index contributed by atoms with van der Waals surface area (Å²) in [5, 5.41) is 12.2. The fraction of sp³-hybridized carbons (Fsp3) is 0.267. The Balaban J connectivity index is 2.17. The van der Waals surface area contributed by atoms with Gasteiger partial charge < -0.3 is 10.4 Å². The maximum Gasteiger partial charge on any atom is 0.347 e. The number of carbonyl (C=O) groups excluding carboxylic acids is 1. The highest BCUT2D eigenvalue weighted by Crippen LogP contribution is 2.24. The van der Waals surface area contributed by atoms with Gasteiger partial charge in [0.05, 0.1) is 11.7 Å². The summed E-state index contributed by atoms with van der Waals surface area (Å²) in [6.45, 7) is 5.01. The molecular formula is C15H15FN2O3S. The fourth-order valence-electron chi connectivity index (χ4n) is 2.01. The quantitative estimate of drug-likeness (QED) is 0.906. The van der Waals surface area contributed by atoms with Crippen LogP contribution in [0.2, 0.25) is 0 Å². The van der Waals surface area contributed by atoms with Crippen molar-refractivity contribution >= 4 is 23.2 Å². The van der Waals surface area contributed by atoms with Gasteiger partial charge in [0.15, 0.2) is 0 Å². The maximum atomic E-state index is 13.3. The molecule has 116 valence electrons. The molecule has 1 aromatic carbocycles. The van der Waals surface area contributed by atoms with Gasteiger partial charge in [0, 0.05) is 5.56 Å². The van der Waals surface area contributed by atoms with E-state index in [1.807, 2.05) is 0 Å². The molecule has 0 fully saturated rings. The van der Waals surface area contributed by atoms with E-state index in [9.17, 15) is 14.0 Å². The van der Waals surface area contributed by atoms with Crippen LogP contribution in [0.4, 0.5) is 4.39 Å². The number of carboxylic acid groups (broad SMARTS) is 1. The van der Waals surface area contributed by atoms with Gasteiger partial charge in [-0.2, -0.15) is 0 Å². The maximum absolute atomic E-state index is 13.3. The van der Waals surface area contributed by atoms with Gasteiger partial charge in [-0.15, -0.1) is 11.3 Å². The van der Waals surface area contributed by atoms with Crippen molar-refractivity contribution in [3.05, 3.63) is 50.7 Å². The first-order valence-electron chi connectivity index (χ1n) is 6.56. The number of rotatable bonds is 4. The number of hydrogen-bond acceptors (Lipinski definition) is 4. The molecule has 2 rings (SSSR count). The van der Waals surface area contributed by atoms with Gasteiger partial charge in [-0.05, 0) is 44.5 Å². The van der Waals surface area contributed by atoms with Crippen molar-refractivity contribution in [3.63, 3.8) is 0 Å². The molecule has 2 aromatic rings. The molecule has 0 aliphatic carbocycles. The van der Waals surface area contributed by atoms with Crippen LogP contribution in [-0.2, 0) is 0 Å². The highest BCUT2D eigenvalue weighted by Gasteiger charge is 2.20. The topological polar surface area (TPSA) is 79.3 Å². The van der Waals surface area contributed by atoms with Gasteiger partial charge in [-0.25, -0.2) is 14.2 Å². The van der Waals surface area contributed by atoms with Crippen LogP contribution >= 0.6 is 11.3 Å². The monoisotopic (exact) mass is 322 g/mol. The predicted molar refractivity (Wildman–Crippen MR) is 80.8 cm³/mol. The van der Waals surface area contributed by atoms with E-state index in [0.29, 0.717) is 16.3 Å². The molecule has 0 saturated carbocycles. The average molecular weight is 322 g/mol. The number of amides is 1.